The quantitative estimate of drug-likeness (QED) is 0.0740. The van der Waals surface area contributed by atoms with Gasteiger partial charge in [-0.15, -0.1) is 23.2 Å². The second-order valence-corrected chi connectivity index (χ2v) is 14.1. The molecular weight excluding hydrogens is 754 g/mol. The minimum absolute atomic E-state index is 0.0454. The average Bonchev–Trinajstić information content (AvgIpc) is 3.42. The van der Waals surface area contributed by atoms with Gasteiger partial charge in [-0.25, -0.2) is 36.5 Å². The zero-order valence-electron chi connectivity index (χ0n) is 25.1. The van der Waals surface area contributed by atoms with Gasteiger partial charge < -0.3 is 15.3 Å². The first kappa shape index (κ1) is 34.7. The van der Waals surface area contributed by atoms with Gasteiger partial charge in [0.05, 0.1) is 17.5 Å². The summed E-state index contributed by atoms with van der Waals surface area (Å²) in [5, 5.41) is 30.5. The van der Waals surface area contributed by atoms with Gasteiger partial charge in [0.25, 0.3) is 11.8 Å². The molecule has 3 N–H and O–H groups in total. The summed E-state index contributed by atoms with van der Waals surface area (Å²) in [4.78, 5) is 62.5. The molecule has 264 valence electrons. The Morgan fingerprint density at radius 1 is 0.784 bits per heavy atom. The number of halogens is 8. The van der Waals surface area contributed by atoms with Crippen LogP contribution in [0.1, 0.15) is 34.7 Å². The van der Waals surface area contributed by atoms with Crippen molar-refractivity contribution in [3.63, 3.8) is 0 Å². The van der Waals surface area contributed by atoms with Crippen LogP contribution in [0.4, 0.5) is 33.3 Å². The van der Waals surface area contributed by atoms with Crippen molar-refractivity contribution < 1.29 is 61.2 Å². The molecule has 18 heteroatoms. The summed E-state index contributed by atoms with van der Waals surface area (Å²) in [7, 11) is 0. The number of phenolic OH excluding ortho intramolecular Hbond substituents is 1. The predicted molar refractivity (Wildman–Crippen MR) is 167 cm³/mol. The SMILES string of the molecule is O=C(O)c1ccc(N2C(=O)C3CC=C4C(CC5(Cl)C(=O)N(c6c(F)c(F)c(F)c(F)c6F)C(=O)C5(Cl)C4c4cc(Cl)ccc4O)C3C2=O)cc1O. The number of benzene rings is 3. The Labute approximate surface area is 297 Å². The van der Waals surface area contributed by atoms with Crippen molar-refractivity contribution in [3.8, 4) is 11.5 Å². The Morgan fingerprint density at radius 3 is 2.02 bits per heavy atom. The number of phenols is 2. The fourth-order valence-corrected chi connectivity index (χ4v) is 8.87. The van der Waals surface area contributed by atoms with Crippen molar-refractivity contribution in [2.45, 2.75) is 28.5 Å². The number of aromatic carboxylic acids is 1. The van der Waals surface area contributed by atoms with Gasteiger partial charge in [0.2, 0.25) is 17.6 Å². The third-order valence-electron chi connectivity index (χ3n) is 9.99. The molecule has 51 heavy (non-hydrogen) atoms. The Hall–Kier alpha value is -4.73. The average molecular weight is 772 g/mol. The molecule has 4 amide bonds. The van der Waals surface area contributed by atoms with E-state index in [-0.39, 0.29) is 33.2 Å². The topological polar surface area (TPSA) is 153 Å². The zero-order valence-corrected chi connectivity index (χ0v) is 27.3. The number of hydrogen-bond donors (Lipinski definition) is 3. The summed E-state index contributed by atoms with van der Waals surface area (Å²) >= 11 is 20.3. The Bertz CT molecular complexity index is 2190. The van der Waals surface area contributed by atoms with Gasteiger partial charge in [-0.2, -0.15) is 0 Å². The summed E-state index contributed by atoms with van der Waals surface area (Å²) in [5.74, 6) is -26.2. The van der Waals surface area contributed by atoms with Gasteiger partial charge in [0.15, 0.2) is 33.0 Å². The Kier molecular flexibility index (Phi) is 7.75. The standard InChI is InChI=1S/C33H18Cl3F5N2O8/c34-10-1-6-17(44)15(7-10)20-12-4-5-14-19(28(47)42(27(14)46)11-2-3-13(29(48)49)18(45)8-11)16(12)9-32(35)30(50)43(31(51)33(20,32)36)26-24(40)22(38)21(37)23(39)25(26)41/h1-4,6-8,14,16,19-20,44-45H,5,9H2,(H,48,49). The normalized spacial score (nSPS) is 28.5. The first-order valence-corrected chi connectivity index (χ1v) is 15.9. The lowest BCUT2D eigenvalue weighted by atomic mass is 9.56. The molecule has 7 rings (SSSR count). The number of nitrogens with zero attached hydrogens (tertiary/aromatic N) is 2. The van der Waals surface area contributed by atoms with Gasteiger partial charge in [-0.05, 0) is 49.1 Å². The lowest BCUT2D eigenvalue weighted by Crippen LogP contribution is -2.60. The summed E-state index contributed by atoms with van der Waals surface area (Å²) in [5.41, 5.74) is -2.89. The van der Waals surface area contributed by atoms with Crippen LogP contribution in [-0.2, 0) is 19.2 Å². The minimum atomic E-state index is -2.87. The van der Waals surface area contributed by atoms with Crippen molar-refractivity contribution in [3.05, 3.63) is 93.3 Å². The maximum absolute atomic E-state index is 15.2. The number of fused-ring (bicyclic) bond motifs is 4. The van der Waals surface area contributed by atoms with Crippen LogP contribution in [0.3, 0.4) is 0 Å². The van der Waals surface area contributed by atoms with Crippen LogP contribution >= 0.6 is 34.8 Å². The lowest BCUT2D eigenvalue weighted by Gasteiger charge is -2.50. The third kappa shape index (κ3) is 4.43. The van der Waals surface area contributed by atoms with Crippen molar-refractivity contribution in [2.24, 2.45) is 17.8 Å². The number of allylic oxidation sites excluding steroid dienone is 2. The Balaban J connectivity index is 1.42. The number of carbonyl (C=O) groups is 5. The number of alkyl halides is 2. The minimum Gasteiger partial charge on any atom is -0.508 e. The first-order chi connectivity index (χ1) is 23.9. The van der Waals surface area contributed by atoms with Crippen LogP contribution in [0.5, 0.6) is 11.5 Å². The van der Waals surface area contributed by atoms with E-state index < -0.39 is 121 Å². The number of carboxylic acid groups (broad SMARTS) is 1. The highest BCUT2D eigenvalue weighted by molar-refractivity contribution is 6.58. The van der Waals surface area contributed by atoms with Crippen molar-refractivity contribution in [1.82, 2.24) is 0 Å². The zero-order chi connectivity index (χ0) is 37.2. The summed E-state index contributed by atoms with van der Waals surface area (Å²) in [6.07, 6.45) is 0.408. The monoisotopic (exact) mass is 770 g/mol. The lowest BCUT2D eigenvalue weighted by molar-refractivity contribution is -0.125. The number of carboxylic acids is 1. The fourth-order valence-electron chi connectivity index (χ4n) is 7.76. The number of aromatic hydroxyl groups is 2. The van der Waals surface area contributed by atoms with Gasteiger partial charge in [0.1, 0.15) is 22.7 Å². The molecule has 2 heterocycles. The van der Waals surface area contributed by atoms with Crippen molar-refractivity contribution >= 4 is 75.8 Å². The van der Waals surface area contributed by atoms with E-state index in [4.69, 9.17) is 34.8 Å². The fraction of sp³-hybridized carbons (Fsp3) is 0.242. The highest BCUT2D eigenvalue weighted by Crippen LogP contribution is 2.67. The van der Waals surface area contributed by atoms with E-state index in [2.05, 4.69) is 0 Å². The van der Waals surface area contributed by atoms with Crippen LogP contribution in [0, 0.1) is 46.8 Å². The van der Waals surface area contributed by atoms with E-state index in [1.165, 1.54) is 12.1 Å². The molecule has 6 atom stereocenters. The van der Waals surface area contributed by atoms with Crippen molar-refractivity contribution in [1.29, 1.82) is 0 Å². The molecule has 2 aliphatic heterocycles. The maximum Gasteiger partial charge on any atom is 0.339 e. The van der Waals surface area contributed by atoms with Crippen LogP contribution in [0.25, 0.3) is 0 Å². The Morgan fingerprint density at radius 2 is 1.41 bits per heavy atom. The molecule has 3 aromatic carbocycles. The molecule has 2 aliphatic carbocycles. The predicted octanol–water partition coefficient (Wildman–Crippen LogP) is 5.91. The summed E-state index contributed by atoms with van der Waals surface area (Å²) in [6.45, 7) is 0. The summed E-state index contributed by atoms with van der Waals surface area (Å²) in [6, 6.07) is 6.42. The highest BCUT2D eigenvalue weighted by atomic mass is 35.5. The number of hydrogen-bond acceptors (Lipinski definition) is 7. The maximum atomic E-state index is 15.2. The van der Waals surface area contributed by atoms with Gasteiger partial charge in [-0.3, -0.25) is 19.2 Å². The van der Waals surface area contributed by atoms with Crippen LogP contribution in [0.2, 0.25) is 5.02 Å². The number of carbonyl (C=O) groups excluding carboxylic acids is 4. The van der Waals surface area contributed by atoms with E-state index >= 15 is 8.78 Å². The summed E-state index contributed by atoms with van der Waals surface area (Å²) < 4.78 is 73.1. The van der Waals surface area contributed by atoms with Gasteiger partial charge in [-0.1, -0.05) is 23.3 Å². The number of rotatable bonds is 4. The molecule has 3 fully saturated rings. The molecule has 0 radical (unpaired) electrons. The van der Waals surface area contributed by atoms with E-state index in [1.54, 1.807) is 0 Å². The van der Waals surface area contributed by atoms with Crippen LogP contribution < -0.4 is 9.80 Å². The van der Waals surface area contributed by atoms with Gasteiger partial charge in [0, 0.05) is 22.6 Å². The molecule has 3 aromatic rings. The molecule has 0 spiro atoms. The second kappa shape index (κ2) is 11.4. The van der Waals surface area contributed by atoms with Crippen molar-refractivity contribution in [2.75, 3.05) is 9.80 Å². The number of imide groups is 2. The number of amides is 4. The highest BCUT2D eigenvalue weighted by Gasteiger charge is 2.77. The largest absolute Gasteiger partial charge is 0.508 e. The number of anilines is 2. The van der Waals surface area contributed by atoms with E-state index in [0.717, 1.165) is 30.3 Å². The molecule has 4 aliphatic rings. The van der Waals surface area contributed by atoms with Gasteiger partial charge >= 0.3 is 5.97 Å². The smallest absolute Gasteiger partial charge is 0.339 e. The molecule has 0 bridgehead atoms. The first-order valence-electron chi connectivity index (χ1n) is 14.8. The molecule has 10 nitrogen and oxygen atoms in total. The van der Waals surface area contributed by atoms with E-state index in [0.29, 0.717) is 4.90 Å². The molecule has 6 unspecified atom stereocenters. The van der Waals surface area contributed by atoms with Crippen LogP contribution in [-0.4, -0.2) is 54.7 Å². The molecule has 1 saturated carbocycles. The second-order valence-electron chi connectivity index (χ2n) is 12.4. The molecular formula is C33H18Cl3F5N2O8. The molecule has 2 saturated heterocycles. The molecule has 0 aromatic heterocycles. The van der Waals surface area contributed by atoms with Crippen LogP contribution in [0.15, 0.2) is 48.0 Å². The third-order valence-corrected chi connectivity index (χ3v) is 11.6. The van der Waals surface area contributed by atoms with E-state index in [1.807, 2.05) is 0 Å². The van der Waals surface area contributed by atoms with E-state index in [9.17, 15) is 52.5 Å².